The van der Waals surface area contributed by atoms with E-state index >= 15 is 0 Å². The molecular weight excluding hydrogens is 410 g/mol. The van der Waals surface area contributed by atoms with Gasteiger partial charge in [0.2, 0.25) is 0 Å². The number of hydrogen-bond acceptors (Lipinski definition) is 7. The minimum atomic E-state index is -0.938. The molecule has 1 N–H and O–H groups in total. The maximum atomic E-state index is 12.1. The molecule has 0 saturated heterocycles. The van der Waals surface area contributed by atoms with Crippen LogP contribution in [0.2, 0.25) is 0 Å². The van der Waals surface area contributed by atoms with E-state index in [1.54, 1.807) is 19.9 Å². The van der Waals surface area contributed by atoms with Crippen molar-refractivity contribution >= 4 is 45.8 Å². The molecule has 0 bridgehead atoms. The number of carboxylic acids is 1. The Bertz CT molecular complexity index is 1040. The summed E-state index contributed by atoms with van der Waals surface area (Å²) >= 11 is 2.63. The third-order valence-corrected chi connectivity index (χ3v) is 6.43. The maximum Gasteiger partial charge on any atom is 0.341 e. The highest BCUT2D eigenvalue weighted by atomic mass is 32.2. The average molecular weight is 432 g/mol. The van der Waals surface area contributed by atoms with Gasteiger partial charge in [0.05, 0.1) is 19.4 Å². The molecule has 0 amide bonds. The van der Waals surface area contributed by atoms with Crippen molar-refractivity contribution in [2.45, 2.75) is 29.4 Å². The van der Waals surface area contributed by atoms with Gasteiger partial charge in [0.15, 0.2) is 4.34 Å². The van der Waals surface area contributed by atoms with Crippen LogP contribution in [0.25, 0.3) is 10.8 Å². The largest absolute Gasteiger partial charge is 0.492 e. The molecule has 3 rings (SSSR count). The van der Waals surface area contributed by atoms with Gasteiger partial charge in [-0.2, -0.15) is 0 Å². The molecule has 0 aliphatic rings. The molecule has 6 nitrogen and oxygen atoms in total. The number of hydrogen-bond donors (Lipinski definition) is 1. The van der Waals surface area contributed by atoms with Crippen LogP contribution >= 0.6 is 23.1 Å². The zero-order valence-corrected chi connectivity index (χ0v) is 17.9. The molecule has 2 aromatic carbocycles. The molecule has 0 fully saturated rings. The van der Waals surface area contributed by atoms with Gasteiger partial charge in [0.1, 0.15) is 16.1 Å². The second-order valence-electron chi connectivity index (χ2n) is 6.81. The quantitative estimate of drug-likeness (QED) is 0.410. The van der Waals surface area contributed by atoms with E-state index in [2.05, 4.69) is 4.98 Å². The number of aromatic nitrogens is 1. The van der Waals surface area contributed by atoms with E-state index in [4.69, 9.17) is 9.47 Å². The van der Waals surface area contributed by atoms with Crippen LogP contribution in [0.1, 0.15) is 29.9 Å². The Morgan fingerprint density at radius 2 is 1.90 bits per heavy atom. The van der Waals surface area contributed by atoms with Crippen LogP contribution in [-0.4, -0.2) is 40.5 Å². The van der Waals surface area contributed by atoms with Crippen molar-refractivity contribution in [2.75, 3.05) is 13.7 Å². The minimum absolute atomic E-state index is 0.332. The number of nitrogens with zero attached hydrogens (tertiary/aromatic N) is 1. The van der Waals surface area contributed by atoms with Crippen molar-refractivity contribution in [3.8, 4) is 5.75 Å². The molecule has 3 aromatic rings. The number of thiazole rings is 1. The van der Waals surface area contributed by atoms with E-state index in [0.29, 0.717) is 28.7 Å². The Kier molecular flexibility index (Phi) is 6.44. The Morgan fingerprint density at radius 3 is 2.55 bits per heavy atom. The Labute approximate surface area is 176 Å². The van der Waals surface area contributed by atoms with Crippen molar-refractivity contribution in [3.63, 3.8) is 0 Å². The standard InChI is InChI=1S/C21H21NO5S2/c1-21(2,19(24)25)29-20-22-15(12-28-20)8-9-27-17-11-14-7-5-4-6-13(14)10-16(17)18(23)26-3/h4-7,10-12H,8-9H2,1-3H3,(H,24,25). The van der Waals surface area contributed by atoms with Gasteiger partial charge in [0, 0.05) is 11.8 Å². The highest BCUT2D eigenvalue weighted by molar-refractivity contribution is 8.02. The van der Waals surface area contributed by atoms with Gasteiger partial charge < -0.3 is 14.6 Å². The average Bonchev–Trinajstić information content (AvgIpc) is 3.13. The molecule has 0 atom stereocenters. The summed E-state index contributed by atoms with van der Waals surface area (Å²) in [6, 6.07) is 11.3. The number of carboxylic acid groups (broad SMARTS) is 1. The molecule has 1 aromatic heterocycles. The molecule has 0 radical (unpaired) electrons. The van der Waals surface area contributed by atoms with E-state index in [1.165, 1.54) is 30.2 Å². The van der Waals surface area contributed by atoms with Gasteiger partial charge in [-0.25, -0.2) is 9.78 Å². The lowest BCUT2D eigenvalue weighted by atomic mass is 10.1. The van der Waals surface area contributed by atoms with Crippen LogP contribution in [0.5, 0.6) is 5.75 Å². The first kappa shape index (κ1) is 21.1. The van der Waals surface area contributed by atoms with E-state index in [1.807, 2.05) is 35.7 Å². The first-order valence-electron chi connectivity index (χ1n) is 8.91. The van der Waals surface area contributed by atoms with Crippen molar-refractivity contribution in [1.29, 1.82) is 0 Å². The third kappa shape index (κ3) is 5.07. The van der Waals surface area contributed by atoms with Crippen LogP contribution in [0, 0.1) is 0 Å². The van der Waals surface area contributed by atoms with Crippen LogP contribution in [0.15, 0.2) is 46.1 Å². The van der Waals surface area contributed by atoms with E-state index in [-0.39, 0.29) is 0 Å². The Morgan fingerprint density at radius 1 is 1.21 bits per heavy atom. The summed E-state index contributed by atoms with van der Waals surface area (Å²) in [4.78, 5) is 27.9. The SMILES string of the molecule is COC(=O)c1cc2ccccc2cc1OCCc1csc(SC(C)(C)C(=O)O)n1. The predicted molar refractivity (Wildman–Crippen MR) is 114 cm³/mol. The molecule has 29 heavy (non-hydrogen) atoms. The summed E-state index contributed by atoms with van der Waals surface area (Å²) in [5, 5.41) is 13.0. The lowest BCUT2D eigenvalue weighted by molar-refractivity contribution is -0.138. The number of carbonyl (C=O) groups is 2. The predicted octanol–water partition coefficient (Wildman–Crippen LogP) is 4.66. The molecule has 0 spiro atoms. The first-order valence-corrected chi connectivity index (χ1v) is 10.6. The molecule has 8 heteroatoms. The second kappa shape index (κ2) is 8.84. The lowest BCUT2D eigenvalue weighted by Crippen LogP contribution is -2.26. The van der Waals surface area contributed by atoms with Gasteiger partial charge >= 0.3 is 11.9 Å². The van der Waals surface area contributed by atoms with Crippen LogP contribution in [0.4, 0.5) is 0 Å². The van der Waals surface area contributed by atoms with E-state index in [0.717, 1.165) is 16.5 Å². The van der Waals surface area contributed by atoms with E-state index in [9.17, 15) is 14.7 Å². The topological polar surface area (TPSA) is 85.7 Å². The molecule has 0 aliphatic heterocycles. The van der Waals surface area contributed by atoms with Crippen LogP contribution in [0.3, 0.4) is 0 Å². The number of benzene rings is 2. The summed E-state index contributed by atoms with van der Waals surface area (Å²) in [6.45, 7) is 3.63. The van der Waals surface area contributed by atoms with Gasteiger partial charge in [-0.15, -0.1) is 11.3 Å². The smallest absolute Gasteiger partial charge is 0.341 e. The number of ether oxygens (including phenoxy) is 2. The van der Waals surface area contributed by atoms with Gasteiger partial charge in [-0.3, -0.25) is 4.79 Å². The Hall–Kier alpha value is -2.58. The van der Waals surface area contributed by atoms with Crippen molar-refractivity contribution in [3.05, 3.63) is 53.0 Å². The summed E-state index contributed by atoms with van der Waals surface area (Å²) in [7, 11) is 1.34. The molecule has 152 valence electrons. The van der Waals surface area contributed by atoms with Crippen LogP contribution < -0.4 is 4.74 Å². The van der Waals surface area contributed by atoms with Crippen molar-refractivity contribution in [1.82, 2.24) is 4.98 Å². The fourth-order valence-electron chi connectivity index (χ4n) is 2.59. The van der Waals surface area contributed by atoms with Crippen molar-refractivity contribution in [2.24, 2.45) is 0 Å². The molecule has 0 aliphatic carbocycles. The third-order valence-electron chi connectivity index (χ3n) is 4.26. The number of methoxy groups -OCH3 is 1. The summed E-state index contributed by atoms with van der Waals surface area (Å²) in [5.41, 5.74) is 1.20. The number of aliphatic carboxylic acids is 1. The number of carbonyl (C=O) groups excluding carboxylic acids is 1. The number of esters is 1. The molecule has 0 unspecified atom stereocenters. The minimum Gasteiger partial charge on any atom is -0.492 e. The highest BCUT2D eigenvalue weighted by Gasteiger charge is 2.29. The number of fused-ring (bicyclic) bond motifs is 1. The summed E-state index contributed by atoms with van der Waals surface area (Å²) in [6.07, 6.45) is 0.540. The van der Waals surface area contributed by atoms with Crippen molar-refractivity contribution < 1.29 is 24.2 Å². The molecule has 0 saturated carbocycles. The normalized spacial score (nSPS) is 11.4. The fourth-order valence-corrected chi connectivity index (χ4v) is 4.81. The number of thioether (sulfide) groups is 1. The zero-order chi connectivity index (χ0) is 21.0. The monoisotopic (exact) mass is 431 g/mol. The lowest BCUT2D eigenvalue weighted by Gasteiger charge is -2.15. The van der Waals surface area contributed by atoms with E-state index < -0.39 is 16.7 Å². The number of rotatable bonds is 8. The van der Waals surface area contributed by atoms with Gasteiger partial charge in [-0.05, 0) is 36.8 Å². The van der Waals surface area contributed by atoms with Gasteiger partial charge in [-0.1, -0.05) is 36.0 Å². The highest BCUT2D eigenvalue weighted by Crippen LogP contribution is 2.34. The zero-order valence-electron chi connectivity index (χ0n) is 16.3. The fraction of sp³-hybridized carbons (Fsp3) is 0.286. The van der Waals surface area contributed by atoms with Gasteiger partial charge in [0.25, 0.3) is 0 Å². The first-order chi connectivity index (χ1) is 13.8. The molecule has 1 heterocycles. The Balaban J connectivity index is 1.70. The second-order valence-corrected chi connectivity index (χ2v) is 9.54. The maximum absolute atomic E-state index is 12.1. The van der Waals surface area contributed by atoms with Crippen LogP contribution in [-0.2, 0) is 16.0 Å². The molecular formula is C21H21NO5S2. The summed E-state index contributed by atoms with van der Waals surface area (Å²) < 4.78 is 10.5. The summed E-state index contributed by atoms with van der Waals surface area (Å²) in [5.74, 6) is -0.865.